The van der Waals surface area contributed by atoms with Gasteiger partial charge in [-0.15, -0.1) is 0 Å². The second kappa shape index (κ2) is 8.68. The van der Waals surface area contributed by atoms with Gasteiger partial charge in [0, 0.05) is 5.56 Å². The van der Waals surface area contributed by atoms with Crippen LogP contribution in [0.3, 0.4) is 0 Å². The summed E-state index contributed by atoms with van der Waals surface area (Å²) in [6.07, 6.45) is 0.528. The summed E-state index contributed by atoms with van der Waals surface area (Å²) < 4.78 is 10.1. The number of aryl methyl sites for hydroxylation is 1. The average Bonchev–Trinajstić information content (AvgIpc) is 3.11. The third-order valence-corrected chi connectivity index (χ3v) is 3.37. The number of esters is 1. The Balaban J connectivity index is 1.73. The number of benzene rings is 1. The van der Waals surface area contributed by atoms with Gasteiger partial charge < -0.3 is 19.8 Å². The second-order valence-electron chi connectivity index (χ2n) is 5.48. The Morgan fingerprint density at radius 1 is 1.16 bits per heavy atom. The van der Waals surface area contributed by atoms with Crippen LogP contribution in [0.2, 0.25) is 0 Å². The zero-order valence-electron chi connectivity index (χ0n) is 14.1. The van der Waals surface area contributed by atoms with Gasteiger partial charge in [-0.05, 0) is 38.1 Å². The van der Waals surface area contributed by atoms with E-state index in [1.54, 1.807) is 30.3 Å². The molecule has 0 radical (unpaired) electrons. The summed E-state index contributed by atoms with van der Waals surface area (Å²) >= 11 is 0. The van der Waals surface area contributed by atoms with Crippen LogP contribution < -0.4 is 10.6 Å². The average molecular weight is 344 g/mol. The van der Waals surface area contributed by atoms with E-state index in [1.165, 1.54) is 13.2 Å². The van der Waals surface area contributed by atoms with Crippen molar-refractivity contribution in [1.29, 1.82) is 0 Å². The molecule has 1 heterocycles. The van der Waals surface area contributed by atoms with Gasteiger partial charge in [-0.25, -0.2) is 0 Å². The van der Waals surface area contributed by atoms with Crippen molar-refractivity contribution in [3.05, 3.63) is 59.5 Å². The van der Waals surface area contributed by atoms with Crippen LogP contribution in [-0.4, -0.2) is 30.4 Å². The fourth-order valence-corrected chi connectivity index (χ4v) is 2.06. The number of amides is 2. The first-order chi connectivity index (χ1) is 12.0. The number of hydrogen-bond donors (Lipinski definition) is 2. The molecule has 0 bridgehead atoms. The number of carbonyl (C=O) groups is 3. The third kappa shape index (κ3) is 5.80. The summed E-state index contributed by atoms with van der Waals surface area (Å²) in [4.78, 5) is 35.6. The summed E-state index contributed by atoms with van der Waals surface area (Å²) in [6.45, 7) is 3.21. The highest BCUT2D eigenvalue weighted by molar-refractivity contribution is 5.96. The summed E-state index contributed by atoms with van der Waals surface area (Å²) in [7, 11) is 0. The predicted octanol–water partition coefficient (Wildman–Crippen LogP) is 1.57. The fraction of sp³-hybridized carbons (Fsp3) is 0.278. The van der Waals surface area contributed by atoms with E-state index in [1.807, 2.05) is 13.0 Å². The maximum Gasteiger partial charge on any atom is 0.326 e. The van der Waals surface area contributed by atoms with Gasteiger partial charge in [0.1, 0.15) is 12.3 Å². The van der Waals surface area contributed by atoms with Crippen molar-refractivity contribution in [1.82, 2.24) is 10.6 Å². The van der Waals surface area contributed by atoms with E-state index < -0.39 is 18.0 Å². The molecule has 0 aliphatic carbocycles. The normalized spacial score (nSPS) is 11.4. The molecule has 0 aliphatic heterocycles. The topological polar surface area (TPSA) is 97.6 Å². The van der Waals surface area contributed by atoms with Crippen LogP contribution >= 0.6 is 0 Å². The number of hydrogen-bond acceptors (Lipinski definition) is 5. The molecule has 2 rings (SSSR count). The van der Waals surface area contributed by atoms with Crippen molar-refractivity contribution in [2.45, 2.75) is 26.5 Å². The quantitative estimate of drug-likeness (QED) is 0.743. The van der Waals surface area contributed by atoms with Crippen molar-refractivity contribution in [2.75, 3.05) is 6.54 Å². The van der Waals surface area contributed by atoms with Crippen LogP contribution in [0.5, 0.6) is 0 Å². The molecular weight excluding hydrogens is 324 g/mol. The van der Waals surface area contributed by atoms with E-state index in [0.717, 1.165) is 5.56 Å². The first-order valence-corrected chi connectivity index (χ1v) is 7.80. The first kappa shape index (κ1) is 18.3. The minimum atomic E-state index is -0.974. The molecule has 1 unspecified atom stereocenters. The number of carbonyl (C=O) groups excluding carboxylic acids is 3. The monoisotopic (exact) mass is 344 g/mol. The molecule has 132 valence electrons. The largest absolute Gasteiger partial charge is 0.467 e. The molecule has 7 nitrogen and oxygen atoms in total. The van der Waals surface area contributed by atoms with E-state index in [-0.39, 0.29) is 19.0 Å². The van der Waals surface area contributed by atoms with Crippen LogP contribution in [-0.2, 0) is 20.9 Å². The molecule has 0 saturated heterocycles. The molecule has 1 atom stereocenters. The standard InChI is InChI=1S/C18H20N2O5/c1-12-5-3-6-14(9-12)18(23)20-11-16(21)25-13(2)17(22)19-10-15-7-4-8-24-15/h3-9,13H,10-11H2,1-2H3,(H,19,22)(H,20,23). The molecule has 25 heavy (non-hydrogen) atoms. The Labute approximate surface area is 145 Å². The Kier molecular flexibility index (Phi) is 6.33. The molecule has 0 fully saturated rings. The van der Waals surface area contributed by atoms with Crippen molar-refractivity contribution in [3.63, 3.8) is 0 Å². The lowest BCUT2D eigenvalue weighted by Crippen LogP contribution is -2.38. The van der Waals surface area contributed by atoms with E-state index >= 15 is 0 Å². The van der Waals surface area contributed by atoms with Crippen LogP contribution in [0.1, 0.15) is 28.6 Å². The molecule has 7 heteroatoms. The molecule has 0 aliphatic rings. The first-order valence-electron chi connectivity index (χ1n) is 7.80. The number of rotatable bonds is 7. The van der Waals surface area contributed by atoms with Gasteiger partial charge in [0.2, 0.25) is 0 Å². The molecule has 0 saturated carbocycles. The zero-order valence-corrected chi connectivity index (χ0v) is 14.1. The van der Waals surface area contributed by atoms with Crippen LogP contribution in [0.15, 0.2) is 47.1 Å². The predicted molar refractivity (Wildman–Crippen MR) is 89.6 cm³/mol. The van der Waals surface area contributed by atoms with Crippen LogP contribution in [0.25, 0.3) is 0 Å². The Bertz CT molecular complexity index is 740. The van der Waals surface area contributed by atoms with E-state index in [2.05, 4.69) is 10.6 Å². The van der Waals surface area contributed by atoms with Gasteiger partial charge >= 0.3 is 5.97 Å². The van der Waals surface area contributed by atoms with E-state index in [4.69, 9.17) is 9.15 Å². The maximum atomic E-state index is 11.9. The molecule has 2 N–H and O–H groups in total. The molecule has 1 aromatic carbocycles. The van der Waals surface area contributed by atoms with Gasteiger partial charge in [-0.1, -0.05) is 17.7 Å². The van der Waals surface area contributed by atoms with Crippen LogP contribution in [0, 0.1) is 6.92 Å². The molecular formula is C18H20N2O5. The minimum Gasteiger partial charge on any atom is -0.467 e. The van der Waals surface area contributed by atoms with Crippen molar-refractivity contribution in [3.8, 4) is 0 Å². The van der Waals surface area contributed by atoms with E-state index in [9.17, 15) is 14.4 Å². The Morgan fingerprint density at radius 2 is 1.96 bits per heavy atom. The highest BCUT2D eigenvalue weighted by atomic mass is 16.5. The summed E-state index contributed by atoms with van der Waals surface area (Å²) in [5.74, 6) is -0.927. The number of nitrogens with one attached hydrogen (secondary N) is 2. The fourth-order valence-electron chi connectivity index (χ4n) is 2.06. The SMILES string of the molecule is Cc1cccc(C(=O)NCC(=O)OC(C)C(=O)NCc2ccco2)c1. The van der Waals surface area contributed by atoms with Crippen molar-refractivity contribution in [2.24, 2.45) is 0 Å². The third-order valence-electron chi connectivity index (χ3n) is 3.37. The molecule has 2 aromatic rings. The Hall–Kier alpha value is -3.09. The summed E-state index contributed by atoms with van der Waals surface area (Å²) in [5.41, 5.74) is 1.40. The second-order valence-corrected chi connectivity index (χ2v) is 5.48. The maximum absolute atomic E-state index is 11.9. The highest BCUT2D eigenvalue weighted by Crippen LogP contribution is 2.03. The number of ether oxygens (including phenoxy) is 1. The lowest BCUT2D eigenvalue weighted by molar-refractivity contribution is -0.153. The van der Waals surface area contributed by atoms with E-state index in [0.29, 0.717) is 11.3 Å². The molecule has 1 aromatic heterocycles. The van der Waals surface area contributed by atoms with Gasteiger partial charge in [0.05, 0.1) is 12.8 Å². The van der Waals surface area contributed by atoms with Crippen molar-refractivity contribution >= 4 is 17.8 Å². The minimum absolute atomic E-state index is 0.206. The van der Waals surface area contributed by atoms with Gasteiger partial charge in [0.25, 0.3) is 11.8 Å². The highest BCUT2D eigenvalue weighted by Gasteiger charge is 2.18. The lowest BCUT2D eigenvalue weighted by atomic mass is 10.1. The number of furan rings is 1. The van der Waals surface area contributed by atoms with Gasteiger partial charge in [-0.3, -0.25) is 14.4 Å². The lowest BCUT2D eigenvalue weighted by Gasteiger charge is -2.13. The smallest absolute Gasteiger partial charge is 0.326 e. The summed E-state index contributed by atoms with van der Waals surface area (Å²) in [6, 6.07) is 10.4. The Morgan fingerprint density at radius 3 is 2.64 bits per heavy atom. The van der Waals surface area contributed by atoms with Gasteiger partial charge in [-0.2, -0.15) is 0 Å². The molecule has 0 spiro atoms. The van der Waals surface area contributed by atoms with Crippen LogP contribution in [0.4, 0.5) is 0 Å². The van der Waals surface area contributed by atoms with Gasteiger partial charge in [0.15, 0.2) is 6.10 Å². The van der Waals surface area contributed by atoms with Crippen molar-refractivity contribution < 1.29 is 23.5 Å². The molecule has 2 amide bonds. The zero-order chi connectivity index (χ0) is 18.2. The summed E-state index contributed by atoms with van der Waals surface area (Å²) in [5, 5.41) is 5.05.